The van der Waals surface area contributed by atoms with E-state index in [4.69, 9.17) is 32.5 Å². The zero-order chi connectivity index (χ0) is 25.4. The topological polar surface area (TPSA) is 26.0 Å². The van der Waals surface area contributed by atoms with Crippen LogP contribution in [0.5, 0.6) is 0 Å². The summed E-state index contributed by atoms with van der Waals surface area (Å²) in [4.78, 5) is 4.01. The van der Waals surface area contributed by atoms with Gasteiger partial charge < -0.3 is 4.42 Å². The van der Waals surface area contributed by atoms with Crippen molar-refractivity contribution < 1.29 is 20.9 Å². The van der Waals surface area contributed by atoms with Crippen molar-refractivity contribution in [1.82, 2.24) is 4.98 Å². The molecular weight excluding hydrogens is 294 g/mol. The normalized spacial score (nSPS) is 18.6. The molecule has 0 atom stereocenters. The van der Waals surface area contributed by atoms with Gasteiger partial charge in [0.25, 0.3) is 0 Å². The molecule has 0 amide bonds. The highest BCUT2D eigenvalue weighted by Crippen LogP contribution is 2.28. The maximum Gasteiger partial charge on any atom is 0.227 e. The van der Waals surface area contributed by atoms with Crippen molar-refractivity contribution in [2.75, 3.05) is 0 Å². The lowest BCUT2D eigenvalue weighted by molar-refractivity contribution is 0.620. The number of rotatable bonds is 2. The highest BCUT2D eigenvalue weighted by molar-refractivity contribution is 6.31. The molecule has 0 aliphatic rings. The molecule has 1 heterocycles. The van der Waals surface area contributed by atoms with Crippen molar-refractivity contribution in [3.05, 3.63) is 77.5 Å². The van der Waals surface area contributed by atoms with Crippen LogP contribution in [0.1, 0.15) is 16.4 Å². The van der Waals surface area contributed by atoms with Crippen molar-refractivity contribution >= 4 is 22.7 Å². The first-order valence-corrected chi connectivity index (χ1v) is 6.42. The Balaban J connectivity index is 2.07. The highest BCUT2D eigenvalue weighted by atomic mass is 35.5. The fraction of sp³-hybridized carbons (Fsp3) is 0. The Hall–Kier alpha value is -2.58. The molecule has 0 unspecified atom stereocenters. The molecule has 1 aromatic heterocycles. The van der Waals surface area contributed by atoms with E-state index in [2.05, 4.69) is 4.98 Å². The maximum atomic E-state index is 8.42. The molecule has 0 aliphatic heterocycles. The van der Waals surface area contributed by atoms with Gasteiger partial charge in [-0.25, -0.2) is 4.98 Å². The summed E-state index contributed by atoms with van der Waals surface area (Å²) in [6.07, 6.45) is 0. The molecule has 0 radical (unpaired) electrons. The third kappa shape index (κ3) is 2.38. The summed E-state index contributed by atoms with van der Waals surface area (Å²) in [5, 5.41) is -0.351. The fourth-order valence-electron chi connectivity index (χ4n) is 1.76. The van der Waals surface area contributed by atoms with Crippen LogP contribution in [0.15, 0.2) is 76.9 Å². The second kappa shape index (κ2) is 5.32. The maximum absolute atomic E-state index is 8.42. The lowest BCUT2D eigenvalue weighted by atomic mass is 10.0. The second-order valence-corrected chi connectivity index (χ2v) is 4.51. The van der Waals surface area contributed by atoms with Crippen molar-refractivity contribution in [1.29, 1.82) is 0 Å². The SMILES string of the molecule is [2H]c1c([2H])c([2H])c(-c2c([2H])c([2H])c(-c3nc4c([2H])c([2H])c(Cl)c([2H])c4o3)c([2H])c2[2H])c([2H])c1[2H]. The van der Waals surface area contributed by atoms with Crippen LogP contribution in [0, 0.1) is 0 Å². The number of hydrogen-bond acceptors (Lipinski definition) is 2. The lowest BCUT2D eigenvalue weighted by Gasteiger charge is -2.02. The molecule has 0 spiro atoms. The van der Waals surface area contributed by atoms with Crippen LogP contribution in [0.2, 0.25) is 5.02 Å². The Morgan fingerprint density at radius 3 is 2.27 bits per heavy atom. The minimum Gasteiger partial charge on any atom is -0.436 e. The quantitative estimate of drug-likeness (QED) is 0.466. The third-order valence-corrected chi connectivity index (χ3v) is 2.92. The van der Waals surface area contributed by atoms with E-state index in [1.54, 1.807) is 0 Å². The smallest absolute Gasteiger partial charge is 0.227 e. The average Bonchev–Trinajstić information content (AvgIpc) is 3.25. The summed E-state index contributed by atoms with van der Waals surface area (Å²) in [5.41, 5.74) is -1.90. The molecule has 0 bridgehead atoms. The van der Waals surface area contributed by atoms with Gasteiger partial charge in [-0.3, -0.25) is 0 Å². The summed E-state index contributed by atoms with van der Waals surface area (Å²) < 4.78 is 103. The molecule has 0 aliphatic carbocycles. The molecule has 0 N–H and O–H groups in total. The number of nitrogens with zero attached hydrogens (tertiary/aromatic N) is 1. The van der Waals surface area contributed by atoms with E-state index in [1.165, 1.54) is 0 Å². The molecule has 3 heteroatoms. The molecular formula is C19H12ClNO. The average molecular weight is 318 g/mol. The molecule has 4 rings (SSSR count). The van der Waals surface area contributed by atoms with E-state index in [9.17, 15) is 0 Å². The molecule has 4 aromatic rings. The largest absolute Gasteiger partial charge is 0.436 e. The molecule has 106 valence electrons. The van der Waals surface area contributed by atoms with Gasteiger partial charge in [0.1, 0.15) is 5.52 Å². The van der Waals surface area contributed by atoms with Crippen LogP contribution in [0.25, 0.3) is 33.7 Å². The molecule has 0 saturated carbocycles. The number of halogens is 1. The first kappa shape index (κ1) is 5.56. The summed E-state index contributed by atoms with van der Waals surface area (Å²) in [5.74, 6) is -0.455. The Morgan fingerprint density at radius 1 is 0.818 bits per heavy atom. The zero-order valence-electron chi connectivity index (χ0n) is 22.7. The van der Waals surface area contributed by atoms with Crippen molar-refractivity contribution in [3.63, 3.8) is 0 Å². The van der Waals surface area contributed by atoms with E-state index in [1.807, 2.05) is 0 Å². The van der Waals surface area contributed by atoms with E-state index in [0.717, 1.165) is 0 Å². The standard InChI is InChI=1S/C19H12ClNO/c20-16-10-11-17-18(12-16)22-19(21-17)15-8-6-14(7-9-15)13-4-2-1-3-5-13/h1-12H/i1D,2D,3D,4D,5D,6D,7D,8D,9D,10D,11D,12D. The second-order valence-electron chi connectivity index (χ2n) is 4.14. The lowest BCUT2D eigenvalue weighted by Crippen LogP contribution is -1.79. The van der Waals surface area contributed by atoms with Gasteiger partial charge in [-0.1, -0.05) is 53.9 Å². The van der Waals surface area contributed by atoms with Gasteiger partial charge >= 0.3 is 0 Å². The van der Waals surface area contributed by atoms with E-state index in [-0.39, 0.29) is 16.1 Å². The summed E-state index contributed by atoms with van der Waals surface area (Å²) in [7, 11) is 0. The van der Waals surface area contributed by atoms with E-state index in [0.29, 0.717) is 0 Å². The zero-order valence-corrected chi connectivity index (χ0v) is 11.5. The molecule has 0 fully saturated rings. The number of aromatic nitrogens is 1. The monoisotopic (exact) mass is 317 g/mol. The Bertz CT molecular complexity index is 1440. The van der Waals surface area contributed by atoms with Crippen LogP contribution >= 0.6 is 11.6 Å². The van der Waals surface area contributed by atoms with E-state index >= 15 is 0 Å². The Kier molecular flexibility index (Phi) is 1.34. The highest BCUT2D eigenvalue weighted by Gasteiger charge is 2.08. The van der Waals surface area contributed by atoms with Gasteiger partial charge in [0.2, 0.25) is 5.89 Å². The number of hydrogen-bond donors (Lipinski definition) is 0. The predicted molar refractivity (Wildman–Crippen MR) is 89.9 cm³/mol. The fourth-order valence-corrected chi connectivity index (χ4v) is 1.89. The number of oxazole rings is 1. The third-order valence-electron chi connectivity index (χ3n) is 2.73. The molecule has 3 aromatic carbocycles. The van der Waals surface area contributed by atoms with Gasteiger partial charge in [-0.2, -0.15) is 0 Å². The van der Waals surface area contributed by atoms with Crippen molar-refractivity contribution in [2.45, 2.75) is 0 Å². The predicted octanol–water partition coefficient (Wildman–Crippen LogP) is 5.82. The van der Waals surface area contributed by atoms with Gasteiger partial charge in [0.05, 0.1) is 16.4 Å². The Labute approximate surface area is 149 Å². The van der Waals surface area contributed by atoms with Crippen LogP contribution < -0.4 is 0 Å². The minimum atomic E-state index is -0.701. The molecule has 22 heavy (non-hydrogen) atoms. The molecule has 2 nitrogen and oxygen atoms in total. The number of benzene rings is 3. The van der Waals surface area contributed by atoms with E-state index < -0.39 is 95.1 Å². The van der Waals surface area contributed by atoms with Crippen LogP contribution in [0.4, 0.5) is 0 Å². The van der Waals surface area contributed by atoms with Gasteiger partial charge in [0.15, 0.2) is 5.58 Å². The van der Waals surface area contributed by atoms with Crippen molar-refractivity contribution in [3.8, 4) is 22.6 Å². The van der Waals surface area contributed by atoms with Gasteiger partial charge in [0, 0.05) is 16.6 Å². The molecule has 0 saturated heterocycles. The number of fused-ring (bicyclic) bond motifs is 1. The summed E-state index contributed by atoms with van der Waals surface area (Å²) >= 11 is 5.89. The van der Waals surface area contributed by atoms with Crippen LogP contribution in [0.3, 0.4) is 0 Å². The van der Waals surface area contributed by atoms with Crippen LogP contribution in [-0.2, 0) is 0 Å². The summed E-state index contributed by atoms with van der Waals surface area (Å²) in [6.45, 7) is 0. The van der Waals surface area contributed by atoms with Gasteiger partial charge in [-0.05, 0) is 35.3 Å². The van der Waals surface area contributed by atoms with Crippen molar-refractivity contribution in [2.24, 2.45) is 0 Å². The summed E-state index contributed by atoms with van der Waals surface area (Å²) in [6, 6.07) is -7.50. The van der Waals surface area contributed by atoms with Gasteiger partial charge in [-0.15, -0.1) is 0 Å². The Morgan fingerprint density at radius 2 is 1.50 bits per heavy atom. The first-order chi connectivity index (χ1) is 15.8. The first-order valence-electron chi connectivity index (χ1n) is 12.0. The van der Waals surface area contributed by atoms with Crippen LogP contribution in [-0.4, -0.2) is 4.98 Å². The minimum absolute atomic E-state index is 0.221.